The average molecular weight is 389 g/mol. The van der Waals surface area contributed by atoms with Crippen LogP contribution in [0.3, 0.4) is 0 Å². The van der Waals surface area contributed by atoms with Crippen molar-refractivity contribution in [3.05, 3.63) is 46.5 Å². The van der Waals surface area contributed by atoms with Gasteiger partial charge in [-0.3, -0.25) is 19.3 Å². The largest absolute Gasteiger partial charge is 0.348 e. The lowest BCUT2D eigenvalue weighted by molar-refractivity contribution is -0.131. The number of allylic oxidation sites excluding steroid dienone is 1. The SMILES string of the molecule is CCc1ccc([C@H](C)NC(=O)CN2C(=O)CS/C2=C\C(=O)C(C)(C)C)cc1. The van der Waals surface area contributed by atoms with E-state index < -0.39 is 5.41 Å². The lowest BCUT2D eigenvalue weighted by Gasteiger charge is -2.21. The second kappa shape index (κ2) is 8.74. The Morgan fingerprint density at radius 3 is 2.44 bits per heavy atom. The van der Waals surface area contributed by atoms with Crippen molar-refractivity contribution in [2.45, 2.75) is 47.1 Å². The van der Waals surface area contributed by atoms with Crippen molar-refractivity contribution in [1.82, 2.24) is 10.2 Å². The van der Waals surface area contributed by atoms with Crippen molar-refractivity contribution in [2.24, 2.45) is 5.41 Å². The molecule has 0 aliphatic carbocycles. The van der Waals surface area contributed by atoms with Gasteiger partial charge in [0, 0.05) is 11.5 Å². The second-order valence-corrected chi connectivity index (χ2v) is 8.75. The first-order chi connectivity index (χ1) is 12.6. The monoisotopic (exact) mass is 388 g/mol. The van der Waals surface area contributed by atoms with Gasteiger partial charge in [-0.15, -0.1) is 0 Å². The fourth-order valence-electron chi connectivity index (χ4n) is 2.58. The van der Waals surface area contributed by atoms with Gasteiger partial charge in [0.05, 0.1) is 16.8 Å². The Morgan fingerprint density at radius 2 is 1.89 bits per heavy atom. The van der Waals surface area contributed by atoms with Crippen LogP contribution in [0.15, 0.2) is 35.4 Å². The van der Waals surface area contributed by atoms with Crippen LogP contribution in [0.5, 0.6) is 0 Å². The molecule has 1 fully saturated rings. The third kappa shape index (κ3) is 5.70. The fraction of sp³-hybridized carbons (Fsp3) is 0.476. The first-order valence-electron chi connectivity index (χ1n) is 9.19. The van der Waals surface area contributed by atoms with Crippen LogP contribution < -0.4 is 5.32 Å². The summed E-state index contributed by atoms with van der Waals surface area (Å²) < 4.78 is 0. The highest BCUT2D eigenvalue weighted by molar-refractivity contribution is 8.04. The summed E-state index contributed by atoms with van der Waals surface area (Å²) in [6.45, 7) is 9.43. The number of ketones is 1. The van der Waals surface area contributed by atoms with Gasteiger partial charge in [-0.05, 0) is 24.5 Å². The zero-order valence-electron chi connectivity index (χ0n) is 16.7. The second-order valence-electron chi connectivity index (χ2n) is 7.75. The van der Waals surface area contributed by atoms with Crippen LogP contribution in [-0.2, 0) is 20.8 Å². The Balaban J connectivity index is 2.02. The molecule has 1 N–H and O–H groups in total. The smallest absolute Gasteiger partial charge is 0.240 e. The number of rotatable bonds is 6. The molecule has 0 aromatic heterocycles. The Labute approximate surface area is 165 Å². The summed E-state index contributed by atoms with van der Waals surface area (Å²) in [5, 5.41) is 3.48. The molecule has 0 radical (unpaired) electrons. The highest BCUT2D eigenvalue weighted by Crippen LogP contribution is 2.30. The molecule has 0 saturated carbocycles. The Morgan fingerprint density at radius 1 is 1.26 bits per heavy atom. The number of hydrogen-bond acceptors (Lipinski definition) is 4. The number of carbonyl (C=O) groups is 3. The molecule has 1 aliphatic heterocycles. The number of benzene rings is 1. The van der Waals surface area contributed by atoms with E-state index in [-0.39, 0.29) is 35.9 Å². The van der Waals surface area contributed by atoms with Gasteiger partial charge in [-0.25, -0.2) is 0 Å². The van der Waals surface area contributed by atoms with E-state index in [1.54, 1.807) is 0 Å². The Kier molecular flexibility index (Phi) is 6.87. The highest BCUT2D eigenvalue weighted by Gasteiger charge is 2.31. The predicted octanol–water partition coefficient (Wildman–Crippen LogP) is 3.46. The molecule has 0 bridgehead atoms. The maximum atomic E-state index is 12.5. The van der Waals surface area contributed by atoms with Crippen LogP contribution in [0.25, 0.3) is 0 Å². The molecule has 1 aliphatic rings. The van der Waals surface area contributed by atoms with Crippen LogP contribution in [-0.4, -0.2) is 34.8 Å². The van der Waals surface area contributed by atoms with Crippen LogP contribution in [0.4, 0.5) is 0 Å². The Hall–Kier alpha value is -2.08. The maximum Gasteiger partial charge on any atom is 0.240 e. The van der Waals surface area contributed by atoms with E-state index in [4.69, 9.17) is 0 Å². The first-order valence-corrected chi connectivity index (χ1v) is 10.2. The molecule has 1 heterocycles. The number of nitrogens with one attached hydrogen (secondary N) is 1. The van der Waals surface area contributed by atoms with Gasteiger partial charge in [-0.1, -0.05) is 63.7 Å². The lowest BCUT2D eigenvalue weighted by atomic mass is 9.91. The molecular formula is C21H28N2O3S. The van der Waals surface area contributed by atoms with Crippen LogP contribution in [0.1, 0.15) is 51.8 Å². The first kappa shape index (κ1) is 21.2. The van der Waals surface area contributed by atoms with Crippen molar-refractivity contribution >= 4 is 29.4 Å². The van der Waals surface area contributed by atoms with E-state index in [2.05, 4.69) is 24.4 Å². The third-order valence-corrected chi connectivity index (χ3v) is 5.50. The van der Waals surface area contributed by atoms with Crippen molar-refractivity contribution in [3.8, 4) is 0 Å². The van der Waals surface area contributed by atoms with Crippen LogP contribution in [0.2, 0.25) is 0 Å². The molecule has 27 heavy (non-hydrogen) atoms. The van der Waals surface area contributed by atoms with Gasteiger partial charge in [0.2, 0.25) is 11.8 Å². The molecule has 1 atom stereocenters. The number of thioether (sulfide) groups is 1. The number of aryl methyl sites for hydroxylation is 1. The molecule has 1 aromatic carbocycles. The Bertz CT molecular complexity index is 748. The van der Waals surface area contributed by atoms with Crippen molar-refractivity contribution in [3.63, 3.8) is 0 Å². The molecule has 1 saturated heterocycles. The summed E-state index contributed by atoms with van der Waals surface area (Å²) >= 11 is 1.30. The highest BCUT2D eigenvalue weighted by atomic mass is 32.2. The average Bonchev–Trinajstić information content (AvgIpc) is 2.94. The molecule has 2 amide bonds. The van der Waals surface area contributed by atoms with E-state index in [1.165, 1.54) is 28.3 Å². The van der Waals surface area contributed by atoms with Crippen LogP contribution in [0, 0.1) is 5.41 Å². The normalized spacial score (nSPS) is 17.3. The van der Waals surface area contributed by atoms with Gasteiger partial charge >= 0.3 is 0 Å². The summed E-state index contributed by atoms with van der Waals surface area (Å²) in [5.41, 5.74) is 1.74. The van der Waals surface area contributed by atoms with Gasteiger partial charge in [0.15, 0.2) is 5.78 Å². The number of amides is 2. The van der Waals surface area contributed by atoms with Gasteiger partial charge < -0.3 is 5.32 Å². The lowest BCUT2D eigenvalue weighted by Crippen LogP contribution is -2.38. The minimum absolute atomic E-state index is 0.0607. The van der Waals surface area contributed by atoms with Crippen LogP contribution >= 0.6 is 11.8 Å². The van der Waals surface area contributed by atoms with E-state index >= 15 is 0 Å². The van der Waals surface area contributed by atoms with Gasteiger partial charge in [0.25, 0.3) is 0 Å². The quantitative estimate of drug-likeness (QED) is 0.758. The van der Waals surface area contributed by atoms with Gasteiger partial charge in [-0.2, -0.15) is 0 Å². The molecule has 146 valence electrons. The summed E-state index contributed by atoms with van der Waals surface area (Å²) in [6.07, 6.45) is 2.45. The topological polar surface area (TPSA) is 66.5 Å². The molecule has 2 rings (SSSR count). The number of nitrogens with zero attached hydrogens (tertiary/aromatic N) is 1. The maximum absolute atomic E-state index is 12.5. The van der Waals surface area contributed by atoms with E-state index in [0.29, 0.717) is 5.03 Å². The summed E-state index contributed by atoms with van der Waals surface area (Å²) in [4.78, 5) is 38.2. The number of hydrogen-bond donors (Lipinski definition) is 1. The summed E-state index contributed by atoms with van der Waals surface area (Å²) in [7, 11) is 0. The van der Waals surface area contributed by atoms with Crippen molar-refractivity contribution < 1.29 is 14.4 Å². The van der Waals surface area contributed by atoms with Crippen molar-refractivity contribution in [2.75, 3.05) is 12.3 Å². The molecule has 0 unspecified atom stereocenters. The molecule has 6 heteroatoms. The summed E-state index contributed by atoms with van der Waals surface area (Å²) in [6, 6.07) is 7.97. The van der Waals surface area contributed by atoms with E-state index in [1.807, 2.05) is 39.8 Å². The zero-order chi connectivity index (χ0) is 20.2. The zero-order valence-corrected chi connectivity index (χ0v) is 17.5. The summed E-state index contributed by atoms with van der Waals surface area (Å²) in [5.74, 6) is -0.200. The van der Waals surface area contributed by atoms with Gasteiger partial charge in [0.1, 0.15) is 6.54 Å². The molecule has 1 aromatic rings. The molecular weight excluding hydrogens is 360 g/mol. The molecule has 0 spiro atoms. The van der Waals surface area contributed by atoms with Crippen molar-refractivity contribution in [1.29, 1.82) is 0 Å². The third-order valence-electron chi connectivity index (χ3n) is 4.47. The van der Waals surface area contributed by atoms with E-state index in [0.717, 1.165) is 12.0 Å². The minimum atomic E-state index is -0.522. The van der Waals surface area contributed by atoms with E-state index in [9.17, 15) is 14.4 Å². The number of carbonyl (C=O) groups excluding carboxylic acids is 3. The standard InChI is InChI=1S/C21H28N2O3S/c1-6-15-7-9-16(10-8-15)14(2)22-18(25)12-23-19(26)13-27-20(23)11-17(24)21(3,4)5/h7-11,14H,6,12-13H2,1-5H3,(H,22,25)/b20-11-/t14-/m0/s1. The predicted molar refractivity (Wildman–Crippen MR) is 109 cm³/mol. The molecule has 5 nitrogen and oxygen atoms in total. The fourth-order valence-corrected chi connectivity index (χ4v) is 3.52. The minimum Gasteiger partial charge on any atom is -0.348 e.